The molecule has 0 aliphatic carbocycles. The van der Waals surface area contributed by atoms with E-state index in [1.165, 1.54) is 0 Å². The summed E-state index contributed by atoms with van der Waals surface area (Å²) in [7, 11) is 0. The van der Waals surface area contributed by atoms with Crippen molar-refractivity contribution in [2.45, 2.75) is 0 Å². The van der Waals surface area contributed by atoms with E-state index in [0.29, 0.717) is 0 Å². The zero-order valence-corrected chi connectivity index (χ0v) is 5.63. The second-order valence-electron chi connectivity index (χ2n) is 0. The molecule has 0 aromatic carbocycles. The third-order valence-corrected chi connectivity index (χ3v) is 0. The molecule has 0 spiro atoms. The van der Waals surface area contributed by atoms with E-state index in [-0.39, 0.29) is 74.0 Å². The van der Waals surface area contributed by atoms with Crippen LogP contribution < -0.4 is 24.6 Å². The zero-order valence-electron chi connectivity index (χ0n) is 3.21. The average molecular weight is 220 g/mol. The van der Waals surface area contributed by atoms with Gasteiger partial charge in [-0.1, -0.05) is 0 Å². The molecule has 0 saturated carbocycles. The summed E-state index contributed by atoms with van der Waals surface area (Å²) in [6, 6.07) is 0. The van der Waals surface area contributed by atoms with Gasteiger partial charge in [0.05, 0.1) is 0 Å². The van der Waals surface area contributed by atoms with E-state index in [0.717, 1.165) is 0 Å². The molecule has 0 heterocycles. The minimum Gasteiger partial charge on any atom is -0.344 e. The van der Waals surface area contributed by atoms with Crippen LogP contribution in [0, 0.1) is 49.4 Å². The first-order valence-corrected chi connectivity index (χ1v) is 0. The Morgan fingerprint density at radius 2 is 0.400 bits per heavy atom. The molecule has 5 heavy (non-hydrogen) atoms. The van der Waals surface area contributed by atoms with Crippen LogP contribution in [0.25, 0.3) is 0 Å². The first-order valence-electron chi connectivity index (χ1n) is 0. The summed E-state index contributed by atoms with van der Waals surface area (Å²) in [4.78, 5) is 0. The maximum absolute atomic E-state index is 0. The Bertz CT molecular complexity index is 3.61. The van der Waals surface area contributed by atoms with Gasteiger partial charge in [0, 0.05) is 49.4 Å². The molecule has 4 nitrogen and oxygen atoms in total. The Kier molecular flexibility index (Phi) is 975. The molecule has 0 saturated heterocycles. The van der Waals surface area contributed by atoms with Crippen molar-refractivity contribution in [1.29, 1.82) is 0 Å². The van der Waals surface area contributed by atoms with Gasteiger partial charge in [0.1, 0.15) is 0 Å². The number of rotatable bonds is 0. The number of hydrogen-bond donors (Lipinski definition) is 4. The number of hydrogen-bond acceptors (Lipinski definition) is 4. The second kappa shape index (κ2) is 52.3. The van der Waals surface area contributed by atoms with Crippen LogP contribution in [0.15, 0.2) is 0 Å². The molecule has 1 radical (unpaired) electrons. The van der Waals surface area contributed by atoms with Crippen LogP contribution in [-0.2, 0) is 0 Å². The fraction of sp³-hybridized carbons (Fsp3) is 0. The Labute approximate surface area is 73.0 Å². The molecule has 5 heteroatoms. The molecule has 0 rings (SSSR count). The van der Waals surface area contributed by atoms with Gasteiger partial charge in [-0.2, -0.15) is 0 Å². The average Bonchev–Trinajstić information content (AvgIpc) is 0. The summed E-state index contributed by atoms with van der Waals surface area (Å²) in [5, 5.41) is 0. The van der Waals surface area contributed by atoms with Gasteiger partial charge in [0.15, 0.2) is 0 Å². The quantitative estimate of drug-likeness (QED) is 0.475. The van der Waals surface area contributed by atoms with Crippen molar-refractivity contribution in [2.24, 2.45) is 0 Å². The topological polar surface area (TPSA) is 140 Å². The largest absolute Gasteiger partial charge is 0.344 e. The minimum atomic E-state index is 0. The molecule has 39 valence electrons. The van der Waals surface area contributed by atoms with Crippen LogP contribution in [0.2, 0.25) is 0 Å². The first-order chi connectivity index (χ1) is 0. The van der Waals surface area contributed by atoms with Crippen LogP contribution in [-0.4, -0.2) is 0 Å². The Morgan fingerprint density at radius 3 is 0.400 bits per heavy atom. The molecule has 0 aliphatic rings. The normalized spacial score (nSPS) is 0. The third kappa shape index (κ3) is 31.4. The van der Waals surface area contributed by atoms with Crippen LogP contribution in [0.1, 0.15) is 0 Å². The summed E-state index contributed by atoms with van der Waals surface area (Å²) in [6.07, 6.45) is 0. The van der Waals surface area contributed by atoms with Gasteiger partial charge >= 0.3 is 0 Å². The Balaban J connectivity index is 0. The summed E-state index contributed by atoms with van der Waals surface area (Å²) in [5.74, 6) is 0. The molecule has 0 bridgehead atoms. The van der Waals surface area contributed by atoms with E-state index in [1.54, 1.807) is 0 Å². The molecule has 0 fully saturated rings. The van der Waals surface area contributed by atoms with E-state index in [4.69, 9.17) is 0 Å². The maximum atomic E-state index is 0. The maximum Gasteiger partial charge on any atom is 0 e. The van der Waals surface area contributed by atoms with Crippen molar-refractivity contribution >= 4 is 0 Å². The van der Waals surface area contributed by atoms with Crippen molar-refractivity contribution in [3.05, 3.63) is 0 Å². The molecule has 0 amide bonds. The van der Waals surface area contributed by atoms with E-state index >= 15 is 0 Å². The molecule has 12 N–H and O–H groups in total. The zero-order chi connectivity index (χ0) is 0. The van der Waals surface area contributed by atoms with Gasteiger partial charge < -0.3 is 24.6 Å². The standard InChI is InChI=1S/Eu.4H3N/h;4*1H3. The fourth-order valence-corrected chi connectivity index (χ4v) is 0. The smallest absolute Gasteiger partial charge is 0 e. The van der Waals surface area contributed by atoms with Crippen LogP contribution >= 0.6 is 0 Å². The van der Waals surface area contributed by atoms with Crippen molar-refractivity contribution < 1.29 is 49.4 Å². The monoisotopic (exact) mass is 221 g/mol. The van der Waals surface area contributed by atoms with Crippen molar-refractivity contribution in [1.82, 2.24) is 24.6 Å². The van der Waals surface area contributed by atoms with Crippen molar-refractivity contribution in [3.8, 4) is 0 Å². The Hall–Kier alpha value is 1.42. The second-order valence-corrected chi connectivity index (χ2v) is 0. The summed E-state index contributed by atoms with van der Waals surface area (Å²) >= 11 is 0. The molecule has 0 aliphatic heterocycles. The van der Waals surface area contributed by atoms with Crippen LogP contribution in [0.4, 0.5) is 0 Å². The fourth-order valence-electron chi connectivity index (χ4n) is 0. The molecular weight excluding hydrogens is 208 g/mol. The SMILES string of the molecule is N.N.N.N.[Eu]. The van der Waals surface area contributed by atoms with Gasteiger partial charge in [-0.25, -0.2) is 0 Å². The van der Waals surface area contributed by atoms with Gasteiger partial charge in [-0.15, -0.1) is 0 Å². The predicted molar refractivity (Wildman–Crippen MR) is 20.1 cm³/mol. The van der Waals surface area contributed by atoms with Gasteiger partial charge in [0.2, 0.25) is 0 Å². The van der Waals surface area contributed by atoms with Crippen LogP contribution in [0.5, 0.6) is 0 Å². The summed E-state index contributed by atoms with van der Waals surface area (Å²) < 4.78 is 0. The minimum absolute atomic E-state index is 0. The molecule has 0 aromatic heterocycles. The van der Waals surface area contributed by atoms with Gasteiger partial charge in [-0.3, -0.25) is 0 Å². The summed E-state index contributed by atoms with van der Waals surface area (Å²) in [6.45, 7) is 0. The third-order valence-electron chi connectivity index (χ3n) is 0. The molecular formula is H12EuN4. The molecule has 0 atom stereocenters. The van der Waals surface area contributed by atoms with Crippen molar-refractivity contribution in [2.75, 3.05) is 0 Å². The van der Waals surface area contributed by atoms with E-state index in [9.17, 15) is 0 Å². The molecule has 0 unspecified atom stereocenters. The van der Waals surface area contributed by atoms with Gasteiger partial charge in [-0.05, 0) is 0 Å². The summed E-state index contributed by atoms with van der Waals surface area (Å²) in [5.41, 5.74) is 0. The Morgan fingerprint density at radius 1 is 0.400 bits per heavy atom. The first kappa shape index (κ1) is 93.2. The predicted octanol–water partition coefficient (Wildman–Crippen LogP) is 0.648. The van der Waals surface area contributed by atoms with E-state index in [2.05, 4.69) is 0 Å². The van der Waals surface area contributed by atoms with Crippen LogP contribution in [0.3, 0.4) is 0 Å². The van der Waals surface area contributed by atoms with Crippen molar-refractivity contribution in [3.63, 3.8) is 0 Å². The van der Waals surface area contributed by atoms with Gasteiger partial charge in [0.25, 0.3) is 0 Å². The van der Waals surface area contributed by atoms with E-state index < -0.39 is 0 Å². The molecule has 0 aromatic rings. The van der Waals surface area contributed by atoms with E-state index in [1.807, 2.05) is 0 Å².